The van der Waals surface area contributed by atoms with Crippen LogP contribution in [0.3, 0.4) is 0 Å². The monoisotopic (exact) mass is 324 g/mol. The molecule has 4 nitrogen and oxygen atoms in total. The number of halogens is 1. The quantitative estimate of drug-likeness (QED) is 0.880. The number of aliphatic hydroxyl groups excluding tert-OH is 1. The van der Waals surface area contributed by atoms with Gasteiger partial charge in [-0.3, -0.25) is 0 Å². The third kappa shape index (κ3) is 2.88. The van der Waals surface area contributed by atoms with Gasteiger partial charge in [-0.2, -0.15) is 0 Å². The fourth-order valence-electron chi connectivity index (χ4n) is 1.65. The molecule has 19 heavy (non-hydrogen) atoms. The highest BCUT2D eigenvalue weighted by Crippen LogP contribution is 2.27. The molecule has 0 aliphatic carbocycles. The Labute approximate surface area is 119 Å². The Morgan fingerprint density at radius 3 is 2.74 bits per heavy atom. The number of rotatable bonds is 3. The van der Waals surface area contributed by atoms with Crippen molar-refractivity contribution in [3.8, 4) is 0 Å². The van der Waals surface area contributed by atoms with Gasteiger partial charge in [-0.1, -0.05) is 28.1 Å². The van der Waals surface area contributed by atoms with Crippen LogP contribution in [0, 0.1) is 6.92 Å². The molecule has 2 rings (SSSR count). The number of aryl methyl sites for hydroxylation is 1. The molecule has 1 heterocycles. The molecule has 0 saturated heterocycles. The van der Waals surface area contributed by atoms with Gasteiger partial charge in [0.2, 0.25) is 5.76 Å². The molecule has 5 heteroatoms. The lowest BCUT2D eigenvalue weighted by Crippen LogP contribution is -2.00. The second-order valence-corrected chi connectivity index (χ2v) is 4.96. The van der Waals surface area contributed by atoms with Crippen LogP contribution in [0.4, 0.5) is 0 Å². The lowest BCUT2D eigenvalue weighted by molar-refractivity contribution is 0.0558. The van der Waals surface area contributed by atoms with Crippen molar-refractivity contribution in [2.75, 3.05) is 7.11 Å². The van der Waals surface area contributed by atoms with E-state index in [0.717, 1.165) is 10.0 Å². The van der Waals surface area contributed by atoms with Gasteiger partial charge in [0.25, 0.3) is 0 Å². The Balaban J connectivity index is 2.28. The van der Waals surface area contributed by atoms with Gasteiger partial charge in [0.1, 0.15) is 11.9 Å². The first kappa shape index (κ1) is 13.8. The Kier molecular flexibility index (Phi) is 4.07. The number of benzene rings is 1. The van der Waals surface area contributed by atoms with Gasteiger partial charge in [0.15, 0.2) is 0 Å². The van der Waals surface area contributed by atoms with Crippen molar-refractivity contribution in [2.24, 2.45) is 0 Å². The first-order chi connectivity index (χ1) is 9.02. The summed E-state index contributed by atoms with van der Waals surface area (Å²) in [7, 11) is 1.28. The fraction of sp³-hybridized carbons (Fsp3) is 0.214. The third-order valence-corrected chi connectivity index (χ3v) is 3.65. The Morgan fingerprint density at radius 2 is 2.11 bits per heavy atom. The molecule has 0 fully saturated rings. The summed E-state index contributed by atoms with van der Waals surface area (Å²) in [6.07, 6.45) is -0.921. The zero-order chi connectivity index (χ0) is 14.0. The largest absolute Gasteiger partial charge is 0.463 e. The molecule has 0 aliphatic rings. The maximum absolute atomic E-state index is 11.3. The lowest BCUT2D eigenvalue weighted by Gasteiger charge is -2.09. The van der Waals surface area contributed by atoms with E-state index in [1.54, 1.807) is 6.07 Å². The van der Waals surface area contributed by atoms with E-state index in [9.17, 15) is 9.90 Å². The standard InChI is InChI=1S/C14H13BrO4/c1-8-3-4-9(7-10(8)15)13(16)11-5-6-12(19-11)14(17)18-2/h3-7,13,16H,1-2H3. The molecule has 1 aromatic heterocycles. The van der Waals surface area contributed by atoms with E-state index in [1.165, 1.54) is 13.2 Å². The average molecular weight is 325 g/mol. The zero-order valence-electron chi connectivity index (χ0n) is 10.5. The van der Waals surface area contributed by atoms with Crippen molar-refractivity contribution in [3.05, 3.63) is 57.5 Å². The van der Waals surface area contributed by atoms with E-state index in [2.05, 4.69) is 20.7 Å². The van der Waals surface area contributed by atoms with Crippen molar-refractivity contribution >= 4 is 21.9 Å². The molecule has 0 amide bonds. The van der Waals surface area contributed by atoms with Crippen LogP contribution in [-0.4, -0.2) is 18.2 Å². The predicted octanol–water partition coefficient (Wildman–Crippen LogP) is 3.22. The molecule has 0 saturated carbocycles. The van der Waals surface area contributed by atoms with E-state index in [1.807, 2.05) is 25.1 Å². The molecule has 1 N–H and O–H groups in total. The number of furan rings is 1. The minimum atomic E-state index is -0.921. The molecule has 1 aromatic carbocycles. The summed E-state index contributed by atoms with van der Waals surface area (Å²) in [5, 5.41) is 10.2. The van der Waals surface area contributed by atoms with E-state index in [0.29, 0.717) is 11.3 Å². The van der Waals surface area contributed by atoms with Gasteiger partial charge in [-0.25, -0.2) is 4.79 Å². The van der Waals surface area contributed by atoms with E-state index < -0.39 is 12.1 Å². The minimum Gasteiger partial charge on any atom is -0.463 e. The number of ether oxygens (including phenoxy) is 1. The summed E-state index contributed by atoms with van der Waals surface area (Å²) in [4.78, 5) is 11.3. The summed E-state index contributed by atoms with van der Waals surface area (Å²) in [5.74, 6) is -0.192. The topological polar surface area (TPSA) is 59.7 Å². The Bertz CT molecular complexity index is 603. The van der Waals surface area contributed by atoms with Gasteiger partial charge in [-0.05, 0) is 36.2 Å². The van der Waals surface area contributed by atoms with Crippen molar-refractivity contribution in [1.29, 1.82) is 0 Å². The van der Waals surface area contributed by atoms with E-state index in [4.69, 9.17) is 4.42 Å². The number of hydrogen-bond acceptors (Lipinski definition) is 4. The number of carbonyl (C=O) groups excluding carboxylic acids is 1. The number of carbonyl (C=O) groups is 1. The minimum absolute atomic E-state index is 0.0720. The van der Waals surface area contributed by atoms with Crippen molar-refractivity contribution in [1.82, 2.24) is 0 Å². The smallest absolute Gasteiger partial charge is 0.373 e. The van der Waals surface area contributed by atoms with Crippen molar-refractivity contribution in [2.45, 2.75) is 13.0 Å². The van der Waals surface area contributed by atoms with Crippen LogP contribution in [0.5, 0.6) is 0 Å². The molecule has 0 radical (unpaired) electrons. The van der Waals surface area contributed by atoms with Crippen LogP contribution in [0.15, 0.2) is 39.2 Å². The second kappa shape index (κ2) is 5.59. The zero-order valence-corrected chi connectivity index (χ0v) is 12.1. The van der Waals surface area contributed by atoms with E-state index in [-0.39, 0.29) is 5.76 Å². The van der Waals surface area contributed by atoms with Gasteiger partial charge in [-0.15, -0.1) is 0 Å². The van der Waals surface area contributed by atoms with Gasteiger partial charge >= 0.3 is 5.97 Å². The lowest BCUT2D eigenvalue weighted by atomic mass is 10.1. The summed E-state index contributed by atoms with van der Waals surface area (Å²) in [6, 6.07) is 8.57. The number of aliphatic hydroxyl groups is 1. The molecular formula is C14H13BrO4. The Hall–Kier alpha value is -1.59. The molecule has 2 aromatic rings. The summed E-state index contributed by atoms with van der Waals surface area (Å²) in [6.45, 7) is 1.96. The van der Waals surface area contributed by atoms with Crippen LogP contribution >= 0.6 is 15.9 Å². The maximum atomic E-state index is 11.3. The SMILES string of the molecule is COC(=O)c1ccc(C(O)c2ccc(C)c(Br)c2)o1. The highest BCUT2D eigenvalue weighted by atomic mass is 79.9. The molecule has 0 bridgehead atoms. The normalized spacial score (nSPS) is 12.2. The Morgan fingerprint density at radius 1 is 1.37 bits per heavy atom. The second-order valence-electron chi connectivity index (χ2n) is 4.10. The van der Waals surface area contributed by atoms with Crippen molar-refractivity contribution < 1.29 is 19.1 Å². The van der Waals surface area contributed by atoms with Gasteiger partial charge in [0, 0.05) is 4.47 Å². The fourth-order valence-corrected chi connectivity index (χ4v) is 2.05. The van der Waals surface area contributed by atoms with Crippen LogP contribution in [0.2, 0.25) is 0 Å². The molecule has 1 unspecified atom stereocenters. The maximum Gasteiger partial charge on any atom is 0.373 e. The number of methoxy groups -OCH3 is 1. The van der Waals surface area contributed by atoms with Crippen LogP contribution in [0.25, 0.3) is 0 Å². The van der Waals surface area contributed by atoms with E-state index >= 15 is 0 Å². The number of hydrogen-bond donors (Lipinski definition) is 1. The molecule has 100 valence electrons. The summed E-state index contributed by atoms with van der Waals surface area (Å²) in [5.41, 5.74) is 1.76. The first-order valence-corrected chi connectivity index (χ1v) is 6.44. The molecule has 1 atom stereocenters. The predicted molar refractivity (Wildman–Crippen MR) is 73.0 cm³/mol. The third-order valence-electron chi connectivity index (χ3n) is 2.79. The van der Waals surface area contributed by atoms with Crippen molar-refractivity contribution in [3.63, 3.8) is 0 Å². The highest BCUT2D eigenvalue weighted by molar-refractivity contribution is 9.10. The van der Waals surface area contributed by atoms with Crippen LogP contribution in [0.1, 0.15) is 33.5 Å². The van der Waals surface area contributed by atoms with Crippen LogP contribution in [-0.2, 0) is 4.74 Å². The summed E-state index contributed by atoms with van der Waals surface area (Å²) < 4.78 is 10.7. The van der Waals surface area contributed by atoms with Gasteiger partial charge < -0.3 is 14.3 Å². The molecule has 0 spiro atoms. The van der Waals surface area contributed by atoms with Crippen LogP contribution < -0.4 is 0 Å². The summed E-state index contributed by atoms with van der Waals surface area (Å²) >= 11 is 3.41. The average Bonchev–Trinajstić information content (AvgIpc) is 2.89. The van der Waals surface area contributed by atoms with Gasteiger partial charge in [0.05, 0.1) is 7.11 Å². The molecular weight excluding hydrogens is 312 g/mol. The first-order valence-electron chi connectivity index (χ1n) is 5.65. The molecule has 0 aliphatic heterocycles. The number of esters is 1. The highest BCUT2D eigenvalue weighted by Gasteiger charge is 2.18.